The van der Waals surface area contributed by atoms with Crippen molar-refractivity contribution in [1.82, 2.24) is 15.6 Å². The molecule has 5 nitrogen and oxygen atoms in total. The summed E-state index contributed by atoms with van der Waals surface area (Å²) in [6.07, 6.45) is 1.02. The first kappa shape index (κ1) is 12.0. The van der Waals surface area contributed by atoms with Crippen molar-refractivity contribution in [2.24, 2.45) is 0 Å². The lowest BCUT2D eigenvalue weighted by molar-refractivity contribution is -0.125. The number of aryl methyl sites for hydroxylation is 2. The number of hydrogen-bond donors (Lipinski definition) is 2. The van der Waals surface area contributed by atoms with Gasteiger partial charge >= 0.3 is 0 Å². The Balaban J connectivity index is 1.86. The average Bonchev–Trinajstić information content (AvgIpc) is 2.83. The van der Waals surface area contributed by atoms with Gasteiger partial charge in [0.2, 0.25) is 11.8 Å². The molecule has 1 aliphatic rings. The molecule has 1 aromatic rings. The van der Waals surface area contributed by atoms with Crippen molar-refractivity contribution < 1.29 is 9.59 Å². The first-order chi connectivity index (χ1) is 8.06. The van der Waals surface area contributed by atoms with Crippen LogP contribution in [0.15, 0.2) is 0 Å². The topological polar surface area (TPSA) is 71.1 Å². The molecule has 1 atom stereocenters. The molecule has 17 heavy (non-hydrogen) atoms. The Morgan fingerprint density at radius 3 is 2.88 bits per heavy atom. The van der Waals surface area contributed by atoms with E-state index in [0.29, 0.717) is 19.4 Å². The summed E-state index contributed by atoms with van der Waals surface area (Å²) < 4.78 is 0. The molecular weight excluding hydrogens is 238 g/mol. The van der Waals surface area contributed by atoms with Gasteiger partial charge in [0, 0.05) is 11.3 Å². The largest absolute Gasteiger partial charge is 0.348 e. The monoisotopic (exact) mass is 253 g/mol. The van der Waals surface area contributed by atoms with Gasteiger partial charge in [-0.3, -0.25) is 9.59 Å². The van der Waals surface area contributed by atoms with Gasteiger partial charge in [-0.1, -0.05) is 0 Å². The molecule has 0 radical (unpaired) electrons. The van der Waals surface area contributed by atoms with Gasteiger partial charge < -0.3 is 10.6 Å². The van der Waals surface area contributed by atoms with Gasteiger partial charge in [0.05, 0.1) is 12.2 Å². The van der Waals surface area contributed by atoms with Gasteiger partial charge in [0.25, 0.3) is 0 Å². The number of aromatic nitrogens is 1. The third kappa shape index (κ3) is 2.82. The smallest absolute Gasteiger partial charge is 0.242 e. The normalized spacial score (nSPS) is 19.2. The van der Waals surface area contributed by atoms with Crippen LogP contribution in [0.5, 0.6) is 0 Å². The van der Waals surface area contributed by atoms with Gasteiger partial charge in [0.15, 0.2) is 0 Å². The van der Waals surface area contributed by atoms with Gasteiger partial charge in [0.1, 0.15) is 11.0 Å². The predicted octanol–water partition coefficient (Wildman–Crippen LogP) is 0.655. The highest BCUT2D eigenvalue weighted by molar-refractivity contribution is 7.11. The minimum Gasteiger partial charge on any atom is -0.348 e. The molecule has 2 heterocycles. The fourth-order valence-electron chi connectivity index (χ4n) is 1.71. The first-order valence-electron chi connectivity index (χ1n) is 5.56. The fourth-order valence-corrected chi connectivity index (χ4v) is 2.59. The fraction of sp³-hybridized carbons (Fsp3) is 0.545. The summed E-state index contributed by atoms with van der Waals surface area (Å²) in [5.74, 6) is -0.174. The molecule has 0 aliphatic carbocycles. The van der Waals surface area contributed by atoms with Crippen LogP contribution in [0.1, 0.15) is 28.4 Å². The number of carbonyl (C=O) groups is 2. The molecular formula is C11H15N3O2S. The average molecular weight is 253 g/mol. The van der Waals surface area contributed by atoms with Crippen LogP contribution < -0.4 is 10.6 Å². The Bertz CT molecular complexity index is 436. The van der Waals surface area contributed by atoms with Crippen molar-refractivity contribution >= 4 is 23.2 Å². The van der Waals surface area contributed by atoms with Gasteiger partial charge in [-0.25, -0.2) is 4.98 Å². The van der Waals surface area contributed by atoms with E-state index in [9.17, 15) is 9.59 Å². The third-order valence-corrected chi connectivity index (χ3v) is 3.87. The van der Waals surface area contributed by atoms with Crippen LogP contribution in [0.25, 0.3) is 0 Å². The predicted molar refractivity (Wildman–Crippen MR) is 64.6 cm³/mol. The highest BCUT2D eigenvalue weighted by Gasteiger charge is 2.26. The third-order valence-electron chi connectivity index (χ3n) is 2.80. The van der Waals surface area contributed by atoms with E-state index in [1.54, 1.807) is 11.3 Å². The molecule has 0 bridgehead atoms. The molecule has 1 aliphatic heterocycles. The second-order valence-corrected chi connectivity index (χ2v) is 5.41. The van der Waals surface area contributed by atoms with Crippen LogP contribution in [-0.2, 0) is 16.1 Å². The van der Waals surface area contributed by atoms with E-state index in [1.807, 2.05) is 13.8 Å². The summed E-state index contributed by atoms with van der Waals surface area (Å²) in [5, 5.41) is 6.34. The zero-order valence-electron chi connectivity index (χ0n) is 9.87. The van der Waals surface area contributed by atoms with E-state index in [4.69, 9.17) is 0 Å². The number of thiazole rings is 1. The number of amides is 2. The number of nitrogens with zero attached hydrogens (tertiary/aromatic N) is 1. The highest BCUT2D eigenvalue weighted by atomic mass is 32.1. The maximum atomic E-state index is 11.7. The second-order valence-electron chi connectivity index (χ2n) is 4.13. The van der Waals surface area contributed by atoms with Crippen molar-refractivity contribution in [1.29, 1.82) is 0 Å². The molecule has 92 valence electrons. The van der Waals surface area contributed by atoms with Crippen LogP contribution in [0.3, 0.4) is 0 Å². The first-order valence-corrected chi connectivity index (χ1v) is 6.38. The molecule has 1 unspecified atom stereocenters. The molecule has 1 saturated heterocycles. The molecule has 2 amide bonds. The Labute approximate surface area is 104 Å². The van der Waals surface area contributed by atoms with E-state index in [-0.39, 0.29) is 17.9 Å². The Hall–Kier alpha value is -1.43. The van der Waals surface area contributed by atoms with E-state index >= 15 is 0 Å². The summed E-state index contributed by atoms with van der Waals surface area (Å²) in [7, 11) is 0. The lowest BCUT2D eigenvalue weighted by Gasteiger charge is -2.09. The Kier molecular flexibility index (Phi) is 3.42. The van der Waals surface area contributed by atoms with Crippen molar-refractivity contribution in [3.63, 3.8) is 0 Å². The van der Waals surface area contributed by atoms with Gasteiger partial charge in [-0.15, -0.1) is 11.3 Å². The van der Waals surface area contributed by atoms with Gasteiger partial charge in [-0.2, -0.15) is 0 Å². The van der Waals surface area contributed by atoms with Crippen LogP contribution in [-0.4, -0.2) is 22.8 Å². The minimum absolute atomic E-state index is 0.0499. The maximum Gasteiger partial charge on any atom is 0.242 e. The number of rotatable bonds is 3. The van der Waals surface area contributed by atoms with Crippen LogP contribution in [0.2, 0.25) is 0 Å². The molecule has 2 N–H and O–H groups in total. The number of hydrogen-bond acceptors (Lipinski definition) is 4. The quantitative estimate of drug-likeness (QED) is 0.831. The van der Waals surface area contributed by atoms with Crippen LogP contribution in [0.4, 0.5) is 0 Å². The standard InChI is InChI=1S/C11H15N3O2S/c1-6-7(2)17-10(13-6)5-12-11(16)8-3-4-9(15)14-8/h8H,3-5H2,1-2H3,(H,12,16)(H,14,15). The van der Waals surface area contributed by atoms with E-state index in [1.165, 1.54) is 4.88 Å². The van der Waals surface area contributed by atoms with E-state index in [0.717, 1.165) is 10.7 Å². The zero-order valence-corrected chi connectivity index (χ0v) is 10.7. The van der Waals surface area contributed by atoms with Crippen molar-refractivity contribution in [2.75, 3.05) is 0 Å². The maximum absolute atomic E-state index is 11.7. The zero-order chi connectivity index (χ0) is 12.4. The highest BCUT2D eigenvalue weighted by Crippen LogP contribution is 2.16. The molecule has 0 aromatic carbocycles. The van der Waals surface area contributed by atoms with Gasteiger partial charge in [-0.05, 0) is 20.3 Å². The van der Waals surface area contributed by atoms with Crippen molar-refractivity contribution in [3.8, 4) is 0 Å². The molecule has 1 fully saturated rings. The SMILES string of the molecule is Cc1nc(CNC(=O)C2CCC(=O)N2)sc1C. The van der Waals surface area contributed by atoms with Crippen molar-refractivity contribution in [3.05, 3.63) is 15.6 Å². The summed E-state index contributed by atoms with van der Waals surface area (Å²) >= 11 is 1.59. The van der Waals surface area contributed by atoms with Crippen LogP contribution >= 0.6 is 11.3 Å². The molecule has 6 heteroatoms. The lowest BCUT2D eigenvalue weighted by atomic mass is 10.2. The van der Waals surface area contributed by atoms with Crippen molar-refractivity contribution in [2.45, 2.75) is 39.3 Å². The van der Waals surface area contributed by atoms with E-state index in [2.05, 4.69) is 15.6 Å². The second kappa shape index (κ2) is 4.83. The van der Waals surface area contributed by atoms with Crippen LogP contribution in [0, 0.1) is 13.8 Å². The molecule has 1 aromatic heterocycles. The van der Waals surface area contributed by atoms with E-state index < -0.39 is 0 Å². The number of carbonyl (C=O) groups excluding carboxylic acids is 2. The lowest BCUT2D eigenvalue weighted by Crippen LogP contribution is -2.41. The number of nitrogens with one attached hydrogen (secondary N) is 2. The molecule has 0 saturated carbocycles. The molecule has 0 spiro atoms. The Morgan fingerprint density at radius 2 is 2.35 bits per heavy atom. The summed E-state index contributed by atoms with van der Waals surface area (Å²) in [5.41, 5.74) is 1.01. The molecule has 2 rings (SSSR count). The summed E-state index contributed by atoms with van der Waals surface area (Å²) in [6.45, 7) is 4.40. The summed E-state index contributed by atoms with van der Waals surface area (Å²) in [6, 6.07) is -0.371. The summed E-state index contributed by atoms with van der Waals surface area (Å²) in [4.78, 5) is 28.2. The Morgan fingerprint density at radius 1 is 1.59 bits per heavy atom. The minimum atomic E-state index is -0.371.